The van der Waals surface area contributed by atoms with E-state index in [1.54, 1.807) is 0 Å². The lowest BCUT2D eigenvalue weighted by molar-refractivity contribution is -0.130. The number of amides is 1. The number of hydrogen-bond donors (Lipinski definition) is 3. The molecule has 1 atom stereocenters. The van der Waals surface area contributed by atoms with Crippen LogP contribution in [0.2, 0.25) is 0 Å². The Kier molecular flexibility index (Phi) is 4.15. The average Bonchev–Trinajstić information content (AvgIpc) is 1.97. The SMILES string of the molecule is CS(=O)(=O)CC[C@H](N)C(=O)NO. The summed E-state index contributed by atoms with van der Waals surface area (Å²) < 4.78 is 21.2. The van der Waals surface area contributed by atoms with E-state index in [2.05, 4.69) is 0 Å². The van der Waals surface area contributed by atoms with Crippen molar-refractivity contribution in [3.05, 3.63) is 0 Å². The number of hydroxylamine groups is 1. The molecule has 0 radical (unpaired) electrons. The summed E-state index contributed by atoms with van der Waals surface area (Å²) >= 11 is 0. The van der Waals surface area contributed by atoms with Gasteiger partial charge in [0.05, 0.1) is 11.8 Å². The van der Waals surface area contributed by atoms with Crippen LogP contribution in [0.15, 0.2) is 0 Å². The van der Waals surface area contributed by atoms with Crippen LogP contribution in [-0.2, 0) is 14.6 Å². The molecule has 0 spiro atoms. The maximum atomic E-state index is 10.6. The van der Waals surface area contributed by atoms with Gasteiger partial charge in [-0.2, -0.15) is 0 Å². The van der Waals surface area contributed by atoms with Crippen LogP contribution >= 0.6 is 0 Å². The Balaban J connectivity index is 3.88. The zero-order chi connectivity index (χ0) is 9.78. The van der Waals surface area contributed by atoms with E-state index >= 15 is 0 Å². The van der Waals surface area contributed by atoms with Crippen molar-refractivity contribution in [1.29, 1.82) is 0 Å². The molecule has 1 amide bonds. The molecule has 6 nitrogen and oxygen atoms in total. The molecule has 12 heavy (non-hydrogen) atoms. The van der Waals surface area contributed by atoms with Gasteiger partial charge in [0.1, 0.15) is 9.84 Å². The van der Waals surface area contributed by atoms with Crippen LogP contribution in [0, 0.1) is 0 Å². The summed E-state index contributed by atoms with van der Waals surface area (Å²) in [7, 11) is -3.10. The number of sulfone groups is 1. The van der Waals surface area contributed by atoms with Crippen LogP contribution in [0.1, 0.15) is 6.42 Å². The van der Waals surface area contributed by atoms with Crippen molar-refractivity contribution in [2.45, 2.75) is 12.5 Å². The highest BCUT2D eigenvalue weighted by molar-refractivity contribution is 7.90. The number of rotatable bonds is 4. The molecule has 0 bridgehead atoms. The van der Waals surface area contributed by atoms with Crippen molar-refractivity contribution >= 4 is 15.7 Å². The van der Waals surface area contributed by atoms with Crippen LogP contribution in [-0.4, -0.2) is 37.6 Å². The molecule has 0 aliphatic rings. The normalized spacial score (nSPS) is 13.9. The van der Waals surface area contributed by atoms with Gasteiger partial charge in [0, 0.05) is 6.26 Å². The summed E-state index contributed by atoms with van der Waals surface area (Å²) in [5, 5.41) is 8.11. The second kappa shape index (κ2) is 4.39. The molecule has 0 saturated heterocycles. The topological polar surface area (TPSA) is 109 Å². The molecule has 72 valence electrons. The Morgan fingerprint density at radius 3 is 2.50 bits per heavy atom. The van der Waals surface area contributed by atoms with Crippen molar-refractivity contribution in [2.75, 3.05) is 12.0 Å². The minimum Gasteiger partial charge on any atom is -0.320 e. The van der Waals surface area contributed by atoms with Gasteiger partial charge in [-0.25, -0.2) is 13.9 Å². The maximum Gasteiger partial charge on any atom is 0.260 e. The Bertz CT molecular complexity index is 248. The molecule has 0 unspecified atom stereocenters. The van der Waals surface area contributed by atoms with E-state index in [4.69, 9.17) is 10.9 Å². The van der Waals surface area contributed by atoms with Crippen LogP contribution in [0.3, 0.4) is 0 Å². The Morgan fingerprint density at radius 2 is 2.17 bits per heavy atom. The first-order valence-electron chi connectivity index (χ1n) is 3.24. The summed E-state index contributed by atoms with van der Waals surface area (Å²) in [5.74, 6) is -0.944. The summed E-state index contributed by atoms with van der Waals surface area (Å²) in [6.07, 6.45) is 1.06. The lowest BCUT2D eigenvalue weighted by atomic mass is 10.2. The van der Waals surface area contributed by atoms with Gasteiger partial charge in [0.2, 0.25) is 0 Å². The predicted octanol–water partition coefficient (Wildman–Crippen LogP) is -1.75. The third kappa shape index (κ3) is 5.05. The van der Waals surface area contributed by atoms with Gasteiger partial charge in [-0.15, -0.1) is 0 Å². The molecule has 0 fully saturated rings. The monoisotopic (exact) mass is 196 g/mol. The van der Waals surface area contributed by atoms with Crippen molar-refractivity contribution in [3.63, 3.8) is 0 Å². The smallest absolute Gasteiger partial charge is 0.260 e. The van der Waals surface area contributed by atoms with Crippen molar-refractivity contribution in [1.82, 2.24) is 5.48 Å². The first-order valence-corrected chi connectivity index (χ1v) is 5.30. The summed E-state index contributed by atoms with van der Waals surface area (Å²) in [5.41, 5.74) is 6.54. The molecule has 0 aliphatic carbocycles. The van der Waals surface area contributed by atoms with Crippen molar-refractivity contribution in [2.24, 2.45) is 5.73 Å². The van der Waals surface area contributed by atoms with Crippen LogP contribution in [0.25, 0.3) is 0 Å². The summed E-state index contributed by atoms with van der Waals surface area (Å²) in [6, 6.07) is -0.982. The number of hydrogen-bond acceptors (Lipinski definition) is 5. The molecule has 0 saturated carbocycles. The van der Waals surface area contributed by atoms with E-state index in [0.717, 1.165) is 6.26 Å². The van der Waals surface area contributed by atoms with Crippen LogP contribution < -0.4 is 11.2 Å². The first kappa shape index (κ1) is 11.3. The van der Waals surface area contributed by atoms with E-state index < -0.39 is 21.8 Å². The highest BCUT2D eigenvalue weighted by Crippen LogP contribution is 1.93. The molecule has 4 N–H and O–H groups in total. The van der Waals surface area contributed by atoms with Crippen LogP contribution in [0.4, 0.5) is 0 Å². The Hall–Kier alpha value is -0.660. The molecule has 0 aliphatic heterocycles. The van der Waals surface area contributed by atoms with Gasteiger partial charge in [-0.05, 0) is 6.42 Å². The molecule has 7 heteroatoms. The maximum absolute atomic E-state index is 10.6. The Morgan fingerprint density at radius 1 is 1.67 bits per heavy atom. The van der Waals surface area contributed by atoms with Gasteiger partial charge in [0.15, 0.2) is 0 Å². The predicted molar refractivity (Wildman–Crippen MR) is 42.2 cm³/mol. The minimum absolute atomic E-state index is 0.00519. The van der Waals surface area contributed by atoms with E-state index in [0.29, 0.717) is 0 Å². The van der Waals surface area contributed by atoms with Gasteiger partial charge >= 0.3 is 0 Å². The van der Waals surface area contributed by atoms with E-state index in [9.17, 15) is 13.2 Å². The fourth-order valence-electron chi connectivity index (χ4n) is 0.555. The lowest BCUT2D eigenvalue weighted by Gasteiger charge is -2.07. The minimum atomic E-state index is -3.10. The highest BCUT2D eigenvalue weighted by atomic mass is 32.2. The quantitative estimate of drug-likeness (QED) is 0.365. The molecule has 0 aromatic rings. The Labute approximate surface area is 70.6 Å². The summed E-state index contributed by atoms with van der Waals surface area (Å²) in [4.78, 5) is 10.5. The van der Waals surface area contributed by atoms with Crippen LogP contribution in [0.5, 0.6) is 0 Å². The highest BCUT2D eigenvalue weighted by Gasteiger charge is 2.14. The fourth-order valence-corrected chi connectivity index (χ4v) is 1.24. The third-order valence-corrected chi connectivity index (χ3v) is 2.22. The molecule has 0 rings (SSSR count). The molecule has 0 aromatic heterocycles. The number of nitrogens with two attached hydrogens (primary N) is 1. The van der Waals surface area contributed by atoms with Gasteiger partial charge in [0.25, 0.3) is 5.91 Å². The number of carbonyl (C=O) groups excluding carboxylic acids is 1. The van der Waals surface area contributed by atoms with Crippen molar-refractivity contribution < 1.29 is 18.4 Å². The zero-order valence-corrected chi connectivity index (χ0v) is 7.47. The fraction of sp³-hybridized carbons (Fsp3) is 0.800. The number of nitrogens with one attached hydrogen (secondary N) is 1. The third-order valence-electron chi connectivity index (χ3n) is 1.25. The van der Waals surface area contributed by atoms with E-state index in [1.165, 1.54) is 5.48 Å². The van der Waals surface area contributed by atoms with Gasteiger partial charge in [-0.1, -0.05) is 0 Å². The summed E-state index contributed by atoms with van der Waals surface area (Å²) in [6.45, 7) is 0. The molecule has 0 heterocycles. The number of carbonyl (C=O) groups is 1. The standard InChI is InChI=1S/C5H12N2O4S/c1-12(10,11)3-2-4(6)5(8)7-9/h4,9H,2-3,6H2,1H3,(H,7,8)/t4-/m0/s1. The first-order chi connectivity index (χ1) is 5.37. The van der Waals surface area contributed by atoms with E-state index in [-0.39, 0.29) is 12.2 Å². The molecule has 0 aromatic carbocycles. The second-order valence-corrected chi connectivity index (χ2v) is 4.76. The largest absolute Gasteiger partial charge is 0.320 e. The van der Waals surface area contributed by atoms with Gasteiger partial charge < -0.3 is 5.73 Å². The van der Waals surface area contributed by atoms with Crippen molar-refractivity contribution in [3.8, 4) is 0 Å². The second-order valence-electron chi connectivity index (χ2n) is 2.50. The van der Waals surface area contributed by atoms with Gasteiger partial charge in [-0.3, -0.25) is 10.0 Å². The lowest BCUT2D eigenvalue weighted by Crippen LogP contribution is -2.40. The molecular weight excluding hydrogens is 184 g/mol. The molecular formula is C5H12N2O4S. The average molecular weight is 196 g/mol. The zero-order valence-electron chi connectivity index (χ0n) is 6.65. The van der Waals surface area contributed by atoms with E-state index in [1.807, 2.05) is 0 Å².